The van der Waals surface area contributed by atoms with Crippen LogP contribution in [0.1, 0.15) is 32.3 Å². The fourth-order valence-corrected chi connectivity index (χ4v) is 1.58. The van der Waals surface area contributed by atoms with Crippen molar-refractivity contribution < 1.29 is 9.53 Å². The van der Waals surface area contributed by atoms with Crippen LogP contribution in [0.3, 0.4) is 0 Å². The van der Waals surface area contributed by atoms with Gasteiger partial charge in [-0.1, -0.05) is 26.0 Å². The van der Waals surface area contributed by atoms with E-state index in [1.165, 1.54) is 12.7 Å². The van der Waals surface area contributed by atoms with Crippen LogP contribution in [0.25, 0.3) is 0 Å². The molecule has 0 unspecified atom stereocenters. The quantitative estimate of drug-likeness (QED) is 0.803. The average Bonchev–Trinajstić information content (AvgIpc) is 2.36. The smallest absolute Gasteiger partial charge is 0.255 e. The molecule has 0 aliphatic heterocycles. The molecule has 0 saturated heterocycles. The second-order valence-corrected chi connectivity index (χ2v) is 4.52. The fourth-order valence-electron chi connectivity index (χ4n) is 1.58. The lowest BCUT2D eigenvalue weighted by Gasteiger charge is -2.21. The third-order valence-corrected chi connectivity index (χ3v) is 2.98. The Morgan fingerprint density at radius 2 is 1.71 bits per heavy atom. The minimum absolute atomic E-state index is 0.0372. The minimum atomic E-state index is -0.412. The molecule has 1 rings (SSSR count). The van der Waals surface area contributed by atoms with E-state index in [2.05, 4.69) is 26.0 Å². The molecule has 1 atom stereocenters. The van der Waals surface area contributed by atoms with Crippen molar-refractivity contribution in [2.75, 3.05) is 19.1 Å². The highest BCUT2D eigenvalue weighted by Crippen LogP contribution is 2.19. The van der Waals surface area contributed by atoms with E-state index in [1.54, 1.807) is 18.9 Å². The maximum Gasteiger partial charge on any atom is 0.255 e. The van der Waals surface area contributed by atoms with Gasteiger partial charge >= 0.3 is 0 Å². The molecule has 3 heteroatoms. The van der Waals surface area contributed by atoms with Gasteiger partial charge in [-0.15, -0.1) is 0 Å². The predicted molar refractivity (Wildman–Crippen MR) is 70.4 cm³/mol. The predicted octanol–water partition coefficient (Wildman–Crippen LogP) is 2.81. The van der Waals surface area contributed by atoms with Crippen LogP contribution in [0.2, 0.25) is 0 Å². The van der Waals surface area contributed by atoms with Crippen molar-refractivity contribution in [2.45, 2.75) is 32.8 Å². The summed E-state index contributed by atoms with van der Waals surface area (Å²) in [5, 5.41) is 0. The van der Waals surface area contributed by atoms with E-state index in [1.807, 2.05) is 12.1 Å². The van der Waals surface area contributed by atoms with Gasteiger partial charge in [-0.2, -0.15) is 0 Å². The Kier molecular flexibility index (Phi) is 4.70. The Balaban J connectivity index is 2.83. The molecule has 1 aromatic rings. The van der Waals surface area contributed by atoms with Crippen LogP contribution >= 0.6 is 0 Å². The van der Waals surface area contributed by atoms with Gasteiger partial charge in [0.25, 0.3) is 5.91 Å². The van der Waals surface area contributed by atoms with Crippen molar-refractivity contribution in [1.82, 2.24) is 0 Å². The van der Waals surface area contributed by atoms with Gasteiger partial charge in [0, 0.05) is 19.8 Å². The lowest BCUT2D eigenvalue weighted by Crippen LogP contribution is -2.35. The van der Waals surface area contributed by atoms with E-state index >= 15 is 0 Å². The second kappa shape index (κ2) is 5.82. The van der Waals surface area contributed by atoms with Crippen molar-refractivity contribution in [1.29, 1.82) is 0 Å². The first-order valence-corrected chi connectivity index (χ1v) is 5.87. The normalized spacial score (nSPS) is 12.6. The molecule has 0 aliphatic rings. The van der Waals surface area contributed by atoms with Crippen molar-refractivity contribution in [2.24, 2.45) is 0 Å². The molecular formula is C14H21NO2. The van der Waals surface area contributed by atoms with Crippen LogP contribution in [0, 0.1) is 0 Å². The Labute approximate surface area is 103 Å². The van der Waals surface area contributed by atoms with Crippen molar-refractivity contribution >= 4 is 11.6 Å². The zero-order valence-electron chi connectivity index (χ0n) is 11.2. The Bertz CT molecular complexity index is 370. The molecule has 1 amide bonds. The minimum Gasteiger partial charge on any atom is -0.372 e. The van der Waals surface area contributed by atoms with Crippen molar-refractivity contribution in [3.05, 3.63) is 29.8 Å². The lowest BCUT2D eigenvalue weighted by atomic mass is 10.0. The molecule has 17 heavy (non-hydrogen) atoms. The number of hydrogen-bond acceptors (Lipinski definition) is 2. The number of carbonyl (C=O) groups excluding carboxylic acids is 1. The van der Waals surface area contributed by atoms with Gasteiger partial charge < -0.3 is 9.64 Å². The molecule has 0 aliphatic carbocycles. The third-order valence-electron chi connectivity index (χ3n) is 2.98. The van der Waals surface area contributed by atoms with E-state index < -0.39 is 6.10 Å². The van der Waals surface area contributed by atoms with Gasteiger partial charge in [0.1, 0.15) is 6.10 Å². The van der Waals surface area contributed by atoms with Crippen LogP contribution in [-0.2, 0) is 9.53 Å². The number of carbonyl (C=O) groups is 1. The van der Waals surface area contributed by atoms with Crippen LogP contribution in [0.4, 0.5) is 5.69 Å². The highest BCUT2D eigenvalue weighted by atomic mass is 16.5. The molecule has 1 aromatic carbocycles. The zero-order valence-corrected chi connectivity index (χ0v) is 11.2. The van der Waals surface area contributed by atoms with E-state index in [-0.39, 0.29) is 5.91 Å². The maximum absolute atomic E-state index is 11.9. The molecule has 0 bridgehead atoms. The van der Waals surface area contributed by atoms with Crippen LogP contribution in [0.15, 0.2) is 24.3 Å². The van der Waals surface area contributed by atoms with E-state index in [0.29, 0.717) is 5.92 Å². The number of amides is 1. The molecule has 0 spiro atoms. The summed E-state index contributed by atoms with van der Waals surface area (Å²) in [6.45, 7) is 6.05. The van der Waals surface area contributed by atoms with Gasteiger partial charge in [-0.05, 0) is 30.5 Å². The van der Waals surface area contributed by atoms with Gasteiger partial charge in [0.2, 0.25) is 0 Å². The number of likely N-dealkylation sites (N-methyl/N-ethyl adjacent to an activating group) is 1. The summed E-state index contributed by atoms with van der Waals surface area (Å²) in [4.78, 5) is 13.5. The fraction of sp³-hybridized carbons (Fsp3) is 0.500. The van der Waals surface area contributed by atoms with Crippen LogP contribution < -0.4 is 4.90 Å². The second-order valence-electron chi connectivity index (χ2n) is 4.52. The first kappa shape index (κ1) is 13.7. The van der Waals surface area contributed by atoms with Crippen LogP contribution in [0.5, 0.6) is 0 Å². The molecule has 0 heterocycles. The topological polar surface area (TPSA) is 29.5 Å². The molecule has 0 saturated carbocycles. The molecule has 0 fully saturated rings. The largest absolute Gasteiger partial charge is 0.372 e. The SMILES string of the molecule is CO[C@H](C)C(=O)N(C)c1ccc(C(C)C)cc1. The Morgan fingerprint density at radius 1 is 1.18 bits per heavy atom. The lowest BCUT2D eigenvalue weighted by molar-refractivity contribution is -0.127. The maximum atomic E-state index is 11.9. The monoisotopic (exact) mass is 235 g/mol. The van der Waals surface area contributed by atoms with Gasteiger partial charge in [0.05, 0.1) is 0 Å². The molecule has 0 N–H and O–H groups in total. The van der Waals surface area contributed by atoms with E-state index in [4.69, 9.17) is 4.74 Å². The van der Waals surface area contributed by atoms with E-state index in [9.17, 15) is 4.79 Å². The molecule has 94 valence electrons. The van der Waals surface area contributed by atoms with Crippen LogP contribution in [-0.4, -0.2) is 26.2 Å². The number of ether oxygens (including phenoxy) is 1. The third kappa shape index (κ3) is 3.30. The summed E-state index contributed by atoms with van der Waals surface area (Å²) in [6.07, 6.45) is -0.412. The molecular weight excluding hydrogens is 214 g/mol. The number of hydrogen-bond donors (Lipinski definition) is 0. The summed E-state index contributed by atoms with van der Waals surface area (Å²) < 4.78 is 5.03. The number of nitrogens with zero attached hydrogens (tertiary/aromatic N) is 1. The Morgan fingerprint density at radius 3 is 2.12 bits per heavy atom. The summed E-state index contributed by atoms with van der Waals surface area (Å²) in [6, 6.07) is 8.05. The Hall–Kier alpha value is -1.35. The number of anilines is 1. The van der Waals surface area contributed by atoms with Gasteiger partial charge in [-0.25, -0.2) is 0 Å². The highest BCUT2D eigenvalue weighted by Gasteiger charge is 2.17. The van der Waals surface area contributed by atoms with Crippen molar-refractivity contribution in [3.8, 4) is 0 Å². The summed E-state index contributed by atoms with van der Waals surface area (Å²) in [5.74, 6) is 0.466. The van der Waals surface area contributed by atoms with E-state index in [0.717, 1.165) is 5.69 Å². The average molecular weight is 235 g/mol. The van der Waals surface area contributed by atoms with Gasteiger partial charge in [0.15, 0.2) is 0 Å². The first-order valence-electron chi connectivity index (χ1n) is 5.87. The number of rotatable bonds is 4. The zero-order chi connectivity index (χ0) is 13.0. The summed E-state index contributed by atoms with van der Waals surface area (Å²) in [7, 11) is 3.31. The summed E-state index contributed by atoms with van der Waals surface area (Å²) >= 11 is 0. The number of methoxy groups -OCH3 is 1. The molecule has 0 radical (unpaired) electrons. The number of benzene rings is 1. The van der Waals surface area contributed by atoms with Crippen molar-refractivity contribution in [3.63, 3.8) is 0 Å². The molecule has 0 aromatic heterocycles. The highest BCUT2D eigenvalue weighted by molar-refractivity contribution is 5.95. The standard InChI is InChI=1S/C14H21NO2/c1-10(2)12-6-8-13(9-7-12)15(4)14(16)11(3)17-5/h6-11H,1-5H3/t11-/m1/s1. The first-order chi connectivity index (χ1) is 7.97. The summed E-state index contributed by atoms with van der Waals surface area (Å²) in [5.41, 5.74) is 2.16. The van der Waals surface area contributed by atoms with Gasteiger partial charge in [-0.3, -0.25) is 4.79 Å². The molecule has 3 nitrogen and oxygen atoms in total.